The third-order valence-corrected chi connectivity index (χ3v) is 2.57. The van der Waals surface area contributed by atoms with E-state index in [-0.39, 0.29) is 11.6 Å². The Morgan fingerprint density at radius 1 is 1.67 bits per heavy atom. The number of nitriles is 1. The Balaban J connectivity index is 2.72. The summed E-state index contributed by atoms with van der Waals surface area (Å²) in [4.78, 5) is 0. The SMILES string of the molecule is N#CC1CS(=O)(=O)CN1. The average Bonchev–Trinajstić information content (AvgIpc) is 2.10. The largest absolute Gasteiger partial charge is 0.288 e. The lowest BCUT2D eigenvalue weighted by atomic mass is 10.4. The fourth-order valence-corrected chi connectivity index (χ4v) is 1.96. The second-order valence-electron chi connectivity index (χ2n) is 1.94. The Morgan fingerprint density at radius 3 is 2.56 bits per heavy atom. The van der Waals surface area contributed by atoms with Gasteiger partial charge in [-0.25, -0.2) is 8.42 Å². The molecule has 0 aromatic rings. The van der Waals surface area contributed by atoms with Gasteiger partial charge < -0.3 is 0 Å². The molecule has 5 heteroatoms. The Labute approximate surface area is 53.4 Å². The summed E-state index contributed by atoms with van der Waals surface area (Å²) < 4.78 is 21.2. The molecule has 0 spiro atoms. The van der Waals surface area contributed by atoms with Crippen LogP contribution in [0.5, 0.6) is 0 Å². The fraction of sp³-hybridized carbons (Fsp3) is 0.750. The molecule has 1 N–H and O–H groups in total. The van der Waals surface area contributed by atoms with Crippen LogP contribution in [-0.4, -0.2) is 26.1 Å². The van der Waals surface area contributed by atoms with Gasteiger partial charge in [-0.05, 0) is 0 Å². The van der Waals surface area contributed by atoms with Crippen molar-refractivity contribution in [2.75, 3.05) is 11.6 Å². The Hall–Kier alpha value is -0.600. The summed E-state index contributed by atoms with van der Waals surface area (Å²) in [6.45, 7) is 0. The van der Waals surface area contributed by atoms with Gasteiger partial charge in [0.2, 0.25) is 0 Å². The van der Waals surface area contributed by atoms with Gasteiger partial charge in [-0.2, -0.15) is 5.26 Å². The maximum atomic E-state index is 10.6. The number of nitrogens with one attached hydrogen (secondary N) is 1. The molecule has 4 nitrogen and oxygen atoms in total. The summed E-state index contributed by atoms with van der Waals surface area (Å²) in [7, 11) is -2.94. The summed E-state index contributed by atoms with van der Waals surface area (Å²) in [6, 6.07) is 1.34. The van der Waals surface area contributed by atoms with Crippen LogP contribution in [0.25, 0.3) is 0 Å². The lowest BCUT2D eigenvalue weighted by Crippen LogP contribution is -2.20. The average molecular weight is 146 g/mol. The molecule has 9 heavy (non-hydrogen) atoms. The molecule has 0 bridgehead atoms. The molecule has 0 aromatic carbocycles. The number of sulfone groups is 1. The van der Waals surface area contributed by atoms with Gasteiger partial charge in [-0.3, -0.25) is 5.32 Å². The third-order valence-electron chi connectivity index (χ3n) is 1.13. The predicted octanol–water partition coefficient (Wildman–Crippen LogP) is -1.15. The van der Waals surface area contributed by atoms with Crippen molar-refractivity contribution in [3.63, 3.8) is 0 Å². The van der Waals surface area contributed by atoms with E-state index in [0.29, 0.717) is 0 Å². The van der Waals surface area contributed by atoms with Crippen LogP contribution in [0.3, 0.4) is 0 Å². The lowest BCUT2D eigenvalue weighted by Gasteiger charge is -1.89. The minimum absolute atomic E-state index is 0.0382. The molecule has 1 saturated heterocycles. The van der Waals surface area contributed by atoms with Crippen molar-refractivity contribution >= 4 is 9.84 Å². The van der Waals surface area contributed by atoms with Gasteiger partial charge in [0, 0.05) is 0 Å². The first-order valence-corrected chi connectivity index (χ1v) is 4.29. The van der Waals surface area contributed by atoms with E-state index >= 15 is 0 Å². The van der Waals surface area contributed by atoms with Crippen LogP contribution >= 0.6 is 0 Å². The van der Waals surface area contributed by atoms with Gasteiger partial charge in [0.15, 0.2) is 9.84 Å². The molecule has 1 rings (SSSR count). The van der Waals surface area contributed by atoms with E-state index < -0.39 is 15.9 Å². The van der Waals surface area contributed by atoms with Gasteiger partial charge in [-0.1, -0.05) is 0 Å². The number of nitrogens with zero attached hydrogens (tertiary/aromatic N) is 1. The second kappa shape index (κ2) is 1.97. The van der Waals surface area contributed by atoms with Crippen LogP contribution in [0.15, 0.2) is 0 Å². The van der Waals surface area contributed by atoms with Crippen molar-refractivity contribution in [1.82, 2.24) is 5.32 Å². The molecule has 1 atom stereocenters. The highest BCUT2D eigenvalue weighted by Crippen LogP contribution is 2.00. The normalized spacial score (nSPS) is 31.7. The molecule has 1 unspecified atom stereocenters. The molecule has 50 valence electrons. The highest BCUT2D eigenvalue weighted by Gasteiger charge is 2.26. The first-order valence-electron chi connectivity index (χ1n) is 2.47. The molecule has 0 amide bonds. The van der Waals surface area contributed by atoms with E-state index in [4.69, 9.17) is 5.26 Å². The monoisotopic (exact) mass is 146 g/mol. The fourth-order valence-electron chi connectivity index (χ4n) is 0.682. The highest BCUT2D eigenvalue weighted by molar-refractivity contribution is 7.91. The van der Waals surface area contributed by atoms with E-state index in [2.05, 4.69) is 5.32 Å². The standard InChI is InChI=1S/C4H6N2O2S/c5-1-4-2-9(7,8)3-6-4/h4,6H,2-3H2. The quantitative estimate of drug-likeness (QED) is 0.468. The van der Waals surface area contributed by atoms with Gasteiger partial charge in [-0.15, -0.1) is 0 Å². The Bertz CT molecular complexity index is 238. The lowest BCUT2D eigenvalue weighted by molar-refractivity contribution is 0.601. The zero-order chi connectivity index (χ0) is 6.91. The van der Waals surface area contributed by atoms with Gasteiger partial charge >= 0.3 is 0 Å². The molecular weight excluding hydrogens is 140 g/mol. The van der Waals surface area contributed by atoms with Crippen LogP contribution in [-0.2, 0) is 9.84 Å². The first-order chi connectivity index (χ1) is 4.14. The van der Waals surface area contributed by atoms with E-state index in [0.717, 1.165) is 0 Å². The number of hydrogen-bond donors (Lipinski definition) is 1. The van der Waals surface area contributed by atoms with E-state index in [1.807, 2.05) is 6.07 Å². The van der Waals surface area contributed by atoms with Crippen molar-refractivity contribution in [2.45, 2.75) is 6.04 Å². The van der Waals surface area contributed by atoms with Gasteiger partial charge in [0.25, 0.3) is 0 Å². The zero-order valence-electron chi connectivity index (χ0n) is 4.66. The predicted molar refractivity (Wildman–Crippen MR) is 31.2 cm³/mol. The van der Waals surface area contributed by atoms with E-state index in [9.17, 15) is 8.42 Å². The van der Waals surface area contributed by atoms with Gasteiger partial charge in [0.1, 0.15) is 11.9 Å². The van der Waals surface area contributed by atoms with Crippen molar-refractivity contribution in [3.05, 3.63) is 0 Å². The molecule has 1 aliphatic rings. The molecule has 0 aromatic heterocycles. The van der Waals surface area contributed by atoms with Crippen LogP contribution in [0.2, 0.25) is 0 Å². The summed E-state index contributed by atoms with van der Waals surface area (Å²) in [6.07, 6.45) is 0. The molecule has 0 saturated carbocycles. The minimum atomic E-state index is -2.94. The van der Waals surface area contributed by atoms with Crippen LogP contribution in [0.1, 0.15) is 0 Å². The van der Waals surface area contributed by atoms with Crippen molar-refractivity contribution < 1.29 is 8.42 Å². The summed E-state index contributed by atoms with van der Waals surface area (Å²) in [5, 5.41) is 10.8. The molecule has 0 radical (unpaired) electrons. The molecule has 1 fully saturated rings. The van der Waals surface area contributed by atoms with Crippen molar-refractivity contribution in [3.8, 4) is 6.07 Å². The summed E-state index contributed by atoms with van der Waals surface area (Å²) >= 11 is 0. The summed E-state index contributed by atoms with van der Waals surface area (Å²) in [5.41, 5.74) is 0. The molecule has 1 aliphatic heterocycles. The molecule has 0 aliphatic carbocycles. The van der Waals surface area contributed by atoms with Crippen LogP contribution in [0.4, 0.5) is 0 Å². The van der Waals surface area contributed by atoms with Crippen molar-refractivity contribution in [2.24, 2.45) is 0 Å². The van der Waals surface area contributed by atoms with E-state index in [1.54, 1.807) is 0 Å². The zero-order valence-corrected chi connectivity index (χ0v) is 5.48. The maximum absolute atomic E-state index is 10.6. The number of hydrogen-bond acceptors (Lipinski definition) is 4. The smallest absolute Gasteiger partial charge is 0.165 e. The third kappa shape index (κ3) is 1.40. The Kier molecular flexibility index (Phi) is 1.43. The number of rotatable bonds is 0. The summed E-state index contributed by atoms with van der Waals surface area (Å²) in [5.74, 6) is -0.0886. The van der Waals surface area contributed by atoms with Crippen molar-refractivity contribution in [1.29, 1.82) is 5.26 Å². The second-order valence-corrected chi connectivity index (χ2v) is 4.05. The van der Waals surface area contributed by atoms with E-state index in [1.165, 1.54) is 0 Å². The molecular formula is C4H6N2O2S. The molecule has 1 heterocycles. The van der Waals surface area contributed by atoms with Crippen LogP contribution < -0.4 is 5.32 Å². The maximum Gasteiger partial charge on any atom is 0.165 e. The highest BCUT2D eigenvalue weighted by atomic mass is 32.2. The topological polar surface area (TPSA) is 70.0 Å². The first kappa shape index (κ1) is 6.52. The minimum Gasteiger partial charge on any atom is -0.288 e. The van der Waals surface area contributed by atoms with Gasteiger partial charge in [0.05, 0.1) is 11.8 Å². The Morgan fingerprint density at radius 2 is 2.33 bits per heavy atom. The van der Waals surface area contributed by atoms with Crippen LogP contribution in [0, 0.1) is 11.3 Å².